The summed E-state index contributed by atoms with van der Waals surface area (Å²) in [6.07, 6.45) is 3.52. The third-order valence-corrected chi connectivity index (χ3v) is 8.69. The van der Waals surface area contributed by atoms with Crippen molar-refractivity contribution in [2.75, 3.05) is 0 Å². The molecule has 0 heterocycles. The Morgan fingerprint density at radius 3 is 2.69 bits per heavy atom. The lowest BCUT2D eigenvalue weighted by molar-refractivity contribution is -0.144. The molecule has 0 aromatic heterocycles. The van der Waals surface area contributed by atoms with Crippen molar-refractivity contribution >= 4 is 11.8 Å². The molecular weight excluding hydrogens is 406 g/mol. The molecule has 0 aliphatic heterocycles. The third kappa shape index (κ3) is 3.91. The van der Waals surface area contributed by atoms with Gasteiger partial charge in [-0.3, -0.25) is 9.59 Å². The number of carbonyl (C=O) groups is 2. The van der Waals surface area contributed by atoms with Gasteiger partial charge in [-0.25, -0.2) is 0 Å². The minimum absolute atomic E-state index is 0.139. The molecule has 7 atom stereocenters. The Hall–Kier alpha value is -1.76. The molecule has 2 saturated carbocycles. The topological polar surface area (TPSA) is 110 Å². The van der Waals surface area contributed by atoms with Crippen LogP contribution >= 0.6 is 0 Å². The van der Waals surface area contributed by atoms with Crippen LogP contribution < -0.4 is 10.5 Å². The van der Waals surface area contributed by atoms with E-state index >= 15 is 0 Å². The number of aliphatic hydroxyl groups excluding tert-OH is 2. The molecule has 176 valence electrons. The summed E-state index contributed by atoms with van der Waals surface area (Å²) in [5.74, 6) is 1.23. The van der Waals surface area contributed by atoms with Crippen molar-refractivity contribution in [1.82, 2.24) is 0 Å². The zero-order valence-electron chi connectivity index (χ0n) is 19.6. The quantitative estimate of drug-likeness (QED) is 0.476. The Morgan fingerprint density at radius 1 is 1.28 bits per heavy atom. The van der Waals surface area contributed by atoms with E-state index in [1.807, 2.05) is 12.1 Å². The zero-order chi connectivity index (χ0) is 23.4. The van der Waals surface area contributed by atoms with Crippen LogP contribution in [0.2, 0.25) is 0 Å². The predicted molar refractivity (Wildman–Crippen MR) is 121 cm³/mol. The Labute approximate surface area is 190 Å². The lowest BCUT2D eigenvalue weighted by Gasteiger charge is -2.49. The standard InChI is InChI=1S/C26H37NO5/c1-14(28)21(27)13-25(2,3)24(31)32-16-6-8-17-15(11-16)5-7-19-18(17)9-10-26(4)20(19)12-22(29)23(26)30/h6,8,11,18-23,29-30H,5,7,9-10,12-13,27H2,1-4H3/t18-,19-,20+,21?,22-,23+,26+/m1/s1. The Kier molecular flexibility index (Phi) is 6.02. The van der Waals surface area contributed by atoms with Gasteiger partial charge in [0, 0.05) is 0 Å². The summed E-state index contributed by atoms with van der Waals surface area (Å²) >= 11 is 0. The fourth-order valence-electron chi connectivity index (χ4n) is 6.63. The second-order valence-corrected chi connectivity index (χ2v) is 11.3. The number of Topliss-reactive ketones (excluding diaryl/α,β-unsaturated/α-hetero) is 1. The molecule has 1 aromatic carbocycles. The van der Waals surface area contributed by atoms with Gasteiger partial charge in [-0.05, 0) is 106 Å². The van der Waals surface area contributed by atoms with E-state index in [0.29, 0.717) is 29.9 Å². The molecule has 0 bridgehead atoms. The molecule has 4 rings (SSSR count). The van der Waals surface area contributed by atoms with Crippen LogP contribution in [0, 0.1) is 22.7 Å². The second-order valence-electron chi connectivity index (χ2n) is 11.3. The number of benzene rings is 1. The maximum atomic E-state index is 12.8. The average molecular weight is 444 g/mol. The number of fused-ring (bicyclic) bond motifs is 5. The second kappa shape index (κ2) is 8.23. The normalized spacial score (nSPS) is 34.8. The number of rotatable bonds is 5. The Morgan fingerprint density at radius 2 is 2.00 bits per heavy atom. The molecule has 1 aromatic rings. The van der Waals surface area contributed by atoms with Crippen molar-refractivity contribution < 1.29 is 24.5 Å². The van der Waals surface area contributed by atoms with E-state index in [4.69, 9.17) is 10.5 Å². The van der Waals surface area contributed by atoms with Gasteiger partial charge in [0.15, 0.2) is 0 Å². The fraction of sp³-hybridized carbons (Fsp3) is 0.692. The SMILES string of the molecule is CC(=O)C(N)CC(C)(C)C(=O)Oc1ccc2c(c1)CC[C@@H]1[C@@H]2CC[C@]2(C)[C@@H](O)[C@H](O)C[C@@H]12. The first kappa shape index (κ1) is 23.4. The van der Waals surface area contributed by atoms with Crippen LogP contribution in [0.3, 0.4) is 0 Å². The minimum atomic E-state index is -0.857. The molecule has 32 heavy (non-hydrogen) atoms. The van der Waals surface area contributed by atoms with Gasteiger partial charge in [-0.1, -0.05) is 13.0 Å². The molecule has 0 radical (unpaired) electrons. The van der Waals surface area contributed by atoms with E-state index in [0.717, 1.165) is 25.7 Å². The number of ether oxygens (including phenoxy) is 1. The summed E-state index contributed by atoms with van der Waals surface area (Å²) in [6, 6.07) is 5.26. The van der Waals surface area contributed by atoms with Gasteiger partial charge < -0.3 is 20.7 Å². The van der Waals surface area contributed by atoms with Gasteiger partial charge >= 0.3 is 5.97 Å². The third-order valence-electron chi connectivity index (χ3n) is 8.69. The molecule has 0 amide bonds. The van der Waals surface area contributed by atoms with Crippen molar-refractivity contribution in [1.29, 1.82) is 0 Å². The number of ketones is 1. The zero-order valence-corrected chi connectivity index (χ0v) is 19.6. The summed E-state index contributed by atoms with van der Waals surface area (Å²) in [5, 5.41) is 20.9. The first-order valence-electron chi connectivity index (χ1n) is 11.9. The molecule has 0 saturated heterocycles. The highest BCUT2D eigenvalue weighted by atomic mass is 16.5. The van der Waals surface area contributed by atoms with Crippen LogP contribution in [0.1, 0.15) is 76.8 Å². The van der Waals surface area contributed by atoms with Crippen LogP contribution in [-0.4, -0.2) is 40.2 Å². The van der Waals surface area contributed by atoms with E-state index in [1.54, 1.807) is 13.8 Å². The number of aliphatic hydroxyl groups is 2. The van der Waals surface area contributed by atoms with E-state index in [-0.39, 0.29) is 23.6 Å². The number of carbonyl (C=O) groups excluding carboxylic acids is 2. The smallest absolute Gasteiger partial charge is 0.316 e. The summed E-state index contributed by atoms with van der Waals surface area (Å²) < 4.78 is 5.70. The lowest BCUT2D eigenvalue weighted by atomic mass is 9.55. The van der Waals surface area contributed by atoms with E-state index in [9.17, 15) is 19.8 Å². The number of hydrogen-bond donors (Lipinski definition) is 3. The van der Waals surface area contributed by atoms with Gasteiger partial charge in [-0.2, -0.15) is 0 Å². The minimum Gasteiger partial charge on any atom is -0.426 e. The Balaban J connectivity index is 1.49. The first-order chi connectivity index (χ1) is 14.9. The van der Waals surface area contributed by atoms with Crippen LogP contribution in [-0.2, 0) is 16.0 Å². The number of nitrogens with two attached hydrogens (primary N) is 1. The van der Waals surface area contributed by atoms with Crippen LogP contribution in [0.15, 0.2) is 18.2 Å². The van der Waals surface area contributed by atoms with Crippen LogP contribution in [0.4, 0.5) is 0 Å². The van der Waals surface area contributed by atoms with Crippen molar-refractivity contribution in [3.63, 3.8) is 0 Å². The fourth-order valence-corrected chi connectivity index (χ4v) is 6.63. The molecule has 4 N–H and O–H groups in total. The maximum absolute atomic E-state index is 12.8. The summed E-state index contributed by atoms with van der Waals surface area (Å²) in [4.78, 5) is 24.3. The number of aryl methyl sites for hydroxylation is 1. The number of hydrogen-bond acceptors (Lipinski definition) is 6. The monoisotopic (exact) mass is 443 g/mol. The lowest BCUT2D eigenvalue weighted by Crippen LogP contribution is -2.44. The largest absolute Gasteiger partial charge is 0.426 e. The molecule has 0 spiro atoms. The highest BCUT2D eigenvalue weighted by molar-refractivity contribution is 5.83. The van der Waals surface area contributed by atoms with Crippen molar-refractivity contribution in [2.24, 2.45) is 28.4 Å². The first-order valence-corrected chi connectivity index (χ1v) is 11.9. The van der Waals surface area contributed by atoms with E-state index in [1.165, 1.54) is 18.1 Å². The average Bonchev–Trinajstić information content (AvgIpc) is 2.96. The highest BCUT2D eigenvalue weighted by Crippen LogP contribution is 2.61. The molecule has 3 aliphatic rings. The predicted octanol–water partition coefficient (Wildman–Crippen LogP) is 3.11. The molecule has 3 aliphatic carbocycles. The van der Waals surface area contributed by atoms with Crippen LogP contribution in [0.25, 0.3) is 0 Å². The van der Waals surface area contributed by atoms with Gasteiger partial charge in [0.05, 0.1) is 23.7 Å². The van der Waals surface area contributed by atoms with E-state index < -0.39 is 23.7 Å². The van der Waals surface area contributed by atoms with Gasteiger partial charge in [0.2, 0.25) is 0 Å². The summed E-state index contributed by atoms with van der Waals surface area (Å²) in [5.41, 5.74) is 7.35. The molecule has 6 heteroatoms. The van der Waals surface area contributed by atoms with Gasteiger partial charge in [-0.15, -0.1) is 0 Å². The highest BCUT2D eigenvalue weighted by Gasteiger charge is 2.57. The molecular formula is C26H37NO5. The molecule has 1 unspecified atom stereocenters. The van der Waals surface area contributed by atoms with E-state index in [2.05, 4.69) is 13.0 Å². The van der Waals surface area contributed by atoms with Crippen molar-refractivity contribution in [2.45, 2.75) is 90.4 Å². The summed E-state index contributed by atoms with van der Waals surface area (Å²) in [7, 11) is 0. The summed E-state index contributed by atoms with van der Waals surface area (Å²) in [6.45, 7) is 7.09. The molecule has 2 fully saturated rings. The van der Waals surface area contributed by atoms with Crippen molar-refractivity contribution in [3.05, 3.63) is 29.3 Å². The number of esters is 1. The van der Waals surface area contributed by atoms with Crippen LogP contribution in [0.5, 0.6) is 5.75 Å². The van der Waals surface area contributed by atoms with Gasteiger partial charge in [0.25, 0.3) is 0 Å². The Bertz CT molecular complexity index is 911. The molecule has 6 nitrogen and oxygen atoms in total. The van der Waals surface area contributed by atoms with Crippen molar-refractivity contribution in [3.8, 4) is 5.75 Å². The van der Waals surface area contributed by atoms with Gasteiger partial charge in [0.1, 0.15) is 11.5 Å². The maximum Gasteiger partial charge on any atom is 0.316 e.